The van der Waals surface area contributed by atoms with E-state index in [2.05, 4.69) is 24.1 Å². The van der Waals surface area contributed by atoms with Crippen LogP contribution in [0.5, 0.6) is 0 Å². The zero-order chi connectivity index (χ0) is 9.97. The van der Waals surface area contributed by atoms with Crippen LogP contribution in [0.2, 0.25) is 0 Å². The van der Waals surface area contributed by atoms with Gasteiger partial charge in [-0.2, -0.15) is 0 Å². The van der Waals surface area contributed by atoms with E-state index in [-0.39, 0.29) is 0 Å². The summed E-state index contributed by atoms with van der Waals surface area (Å²) in [5, 5.41) is 3.58. The van der Waals surface area contributed by atoms with E-state index < -0.39 is 0 Å². The predicted molar refractivity (Wildman–Crippen MR) is 60.4 cm³/mol. The minimum Gasteiger partial charge on any atom is -0.314 e. The third kappa shape index (κ3) is 2.48. The van der Waals surface area contributed by atoms with Gasteiger partial charge in [0.25, 0.3) is 0 Å². The normalized spacial score (nSPS) is 39.4. The van der Waals surface area contributed by atoms with Crippen molar-refractivity contribution in [3.8, 4) is 0 Å². The third-order valence-corrected chi connectivity index (χ3v) is 4.02. The summed E-state index contributed by atoms with van der Waals surface area (Å²) in [5.74, 6) is 1.82. The minimum atomic E-state index is 0.821. The van der Waals surface area contributed by atoms with E-state index in [4.69, 9.17) is 0 Å². The second kappa shape index (κ2) is 4.63. The Labute approximate surface area is 88.1 Å². The maximum Gasteiger partial charge on any atom is 0.00797 e. The Kier molecular flexibility index (Phi) is 3.45. The van der Waals surface area contributed by atoms with Gasteiger partial charge in [-0.25, -0.2) is 0 Å². The zero-order valence-electron chi connectivity index (χ0n) is 9.63. The van der Waals surface area contributed by atoms with Gasteiger partial charge in [-0.15, -0.1) is 0 Å². The van der Waals surface area contributed by atoms with Crippen molar-refractivity contribution in [1.82, 2.24) is 10.2 Å². The van der Waals surface area contributed by atoms with Gasteiger partial charge in [0.15, 0.2) is 0 Å². The van der Waals surface area contributed by atoms with E-state index in [0.29, 0.717) is 0 Å². The van der Waals surface area contributed by atoms with Crippen LogP contribution in [0.3, 0.4) is 0 Å². The molecule has 3 atom stereocenters. The number of nitrogens with one attached hydrogen (secondary N) is 1. The fourth-order valence-corrected chi connectivity index (χ4v) is 2.77. The maximum atomic E-state index is 3.58. The van der Waals surface area contributed by atoms with Crippen molar-refractivity contribution < 1.29 is 0 Å². The molecule has 0 bridgehead atoms. The summed E-state index contributed by atoms with van der Waals surface area (Å²) < 4.78 is 0. The number of likely N-dealkylation sites (tertiary alicyclic amines) is 1. The summed E-state index contributed by atoms with van der Waals surface area (Å²) in [6.45, 7) is 9.99. The molecule has 0 aromatic rings. The molecule has 1 N–H and O–H groups in total. The molecule has 14 heavy (non-hydrogen) atoms. The lowest BCUT2D eigenvalue weighted by atomic mass is 10.0. The van der Waals surface area contributed by atoms with Crippen LogP contribution in [0, 0.1) is 11.8 Å². The standard InChI is InChI=1S/C12H24N2/c1-10-8-14(9-11(10)2)7-5-12-4-3-6-13-12/h10-13H,3-9H2,1-2H3. The monoisotopic (exact) mass is 196 g/mol. The average Bonchev–Trinajstić information content (AvgIpc) is 2.74. The van der Waals surface area contributed by atoms with E-state index in [1.54, 1.807) is 0 Å². The molecule has 2 fully saturated rings. The van der Waals surface area contributed by atoms with Crippen LogP contribution < -0.4 is 5.32 Å². The highest BCUT2D eigenvalue weighted by Gasteiger charge is 2.26. The van der Waals surface area contributed by atoms with Crippen molar-refractivity contribution in [3.05, 3.63) is 0 Å². The highest BCUT2D eigenvalue weighted by atomic mass is 15.2. The predicted octanol–water partition coefficient (Wildman–Crippen LogP) is 1.72. The maximum absolute atomic E-state index is 3.58. The molecule has 0 amide bonds. The summed E-state index contributed by atoms with van der Waals surface area (Å²) in [6.07, 6.45) is 4.15. The summed E-state index contributed by atoms with van der Waals surface area (Å²) in [5.41, 5.74) is 0. The van der Waals surface area contributed by atoms with Gasteiger partial charge in [-0.05, 0) is 44.2 Å². The molecule has 3 unspecified atom stereocenters. The van der Waals surface area contributed by atoms with Crippen LogP contribution in [0.4, 0.5) is 0 Å². The number of nitrogens with zero attached hydrogens (tertiary/aromatic N) is 1. The average molecular weight is 196 g/mol. The quantitative estimate of drug-likeness (QED) is 0.739. The molecular formula is C12H24N2. The topological polar surface area (TPSA) is 15.3 Å². The molecule has 0 saturated carbocycles. The molecule has 0 radical (unpaired) electrons. The summed E-state index contributed by atoms with van der Waals surface area (Å²) >= 11 is 0. The van der Waals surface area contributed by atoms with Gasteiger partial charge in [0, 0.05) is 19.1 Å². The van der Waals surface area contributed by atoms with Crippen molar-refractivity contribution in [3.63, 3.8) is 0 Å². The molecule has 2 rings (SSSR count). The highest BCUT2D eigenvalue weighted by Crippen LogP contribution is 2.22. The van der Waals surface area contributed by atoms with Gasteiger partial charge in [-0.1, -0.05) is 13.8 Å². The van der Waals surface area contributed by atoms with Gasteiger partial charge in [-0.3, -0.25) is 0 Å². The smallest absolute Gasteiger partial charge is 0.00797 e. The van der Waals surface area contributed by atoms with Crippen molar-refractivity contribution in [2.75, 3.05) is 26.2 Å². The van der Waals surface area contributed by atoms with Crippen molar-refractivity contribution >= 4 is 0 Å². The molecule has 2 heterocycles. The van der Waals surface area contributed by atoms with Crippen LogP contribution in [0.25, 0.3) is 0 Å². The Morgan fingerprint density at radius 1 is 1.21 bits per heavy atom. The van der Waals surface area contributed by atoms with E-state index >= 15 is 0 Å². The Morgan fingerprint density at radius 2 is 1.93 bits per heavy atom. The summed E-state index contributed by atoms with van der Waals surface area (Å²) in [7, 11) is 0. The van der Waals surface area contributed by atoms with Gasteiger partial charge in [0.1, 0.15) is 0 Å². The van der Waals surface area contributed by atoms with E-state index in [1.165, 1.54) is 45.4 Å². The van der Waals surface area contributed by atoms with Crippen LogP contribution in [0.1, 0.15) is 33.1 Å². The lowest BCUT2D eigenvalue weighted by Crippen LogP contribution is -2.29. The largest absolute Gasteiger partial charge is 0.314 e. The SMILES string of the molecule is CC1CN(CCC2CCCN2)CC1C. The van der Waals surface area contributed by atoms with Crippen LogP contribution in [0.15, 0.2) is 0 Å². The molecule has 2 nitrogen and oxygen atoms in total. The third-order valence-electron chi connectivity index (χ3n) is 4.02. The lowest BCUT2D eigenvalue weighted by molar-refractivity contribution is 0.303. The lowest BCUT2D eigenvalue weighted by Gasteiger charge is -2.18. The second-order valence-electron chi connectivity index (χ2n) is 5.30. The Hall–Kier alpha value is -0.0800. The van der Waals surface area contributed by atoms with E-state index in [1.807, 2.05) is 0 Å². The molecule has 0 aromatic heterocycles. The molecule has 0 aliphatic carbocycles. The molecule has 0 spiro atoms. The van der Waals surface area contributed by atoms with Crippen molar-refractivity contribution in [2.24, 2.45) is 11.8 Å². The molecule has 0 aromatic carbocycles. The number of rotatable bonds is 3. The highest BCUT2D eigenvalue weighted by molar-refractivity contribution is 4.81. The van der Waals surface area contributed by atoms with Crippen LogP contribution in [-0.2, 0) is 0 Å². The first-order valence-corrected chi connectivity index (χ1v) is 6.21. The first-order valence-electron chi connectivity index (χ1n) is 6.21. The van der Waals surface area contributed by atoms with Gasteiger partial charge in [0.05, 0.1) is 0 Å². The first-order chi connectivity index (χ1) is 6.75. The van der Waals surface area contributed by atoms with Crippen LogP contribution >= 0.6 is 0 Å². The summed E-state index contributed by atoms with van der Waals surface area (Å²) in [4.78, 5) is 2.65. The second-order valence-corrected chi connectivity index (χ2v) is 5.30. The zero-order valence-corrected chi connectivity index (χ0v) is 9.63. The van der Waals surface area contributed by atoms with Crippen molar-refractivity contribution in [1.29, 1.82) is 0 Å². The summed E-state index contributed by atoms with van der Waals surface area (Å²) in [6, 6.07) is 0.821. The Morgan fingerprint density at radius 3 is 2.50 bits per heavy atom. The van der Waals surface area contributed by atoms with E-state index in [9.17, 15) is 0 Å². The van der Waals surface area contributed by atoms with Crippen molar-refractivity contribution in [2.45, 2.75) is 39.2 Å². The Balaban J connectivity index is 1.66. The van der Waals surface area contributed by atoms with Gasteiger partial charge < -0.3 is 10.2 Å². The van der Waals surface area contributed by atoms with Gasteiger partial charge >= 0.3 is 0 Å². The number of hydrogen-bond acceptors (Lipinski definition) is 2. The molecular weight excluding hydrogens is 172 g/mol. The Bertz CT molecular complexity index is 165. The van der Waals surface area contributed by atoms with E-state index in [0.717, 1.165) is 17.9 Å². The van der Waals surface area contributed by atoms with Crippen LogP contribution in [-0.4, -0.2) is 37.1 Å². The molecule has 2 aliphatic rings. The fraction of sp³-hybridized carbons (Fsp3) is 1.00. The van der Waals surface area contributed by atoms with Gasteiger partial charge in [0.2, 0.25) is 0 Å². The molecule has 2 heteroatoms. The minimum absolute atomic E-state index is 0.821. The fourth-order valence-electron chi connectivity index (χ4n) is 2.77. The molecule has 82 valence electrons. The number of hydrogen-bond donors (Lipinski definition) is 1. The molecule has 2 aliphatic heterocycles. The molecule has 2 saturated heterocycles. The first kappa shape index (κ1) is 10.4.